The molecule has 8 bridgehead atoms. The number of fused-ring (bicyclic) bond motifs is 8. The number of phenolic OH excluding ortho intramolecular Hbond substituents is 12. The Balaban J connectivity index is 2.10. The maximum Gasteiger partial charge on any atom is 0.200 e. The second kappa shape index (κ2) is 15.5. The molecule has 12 N–H and O–H groups in total. The molecule has 0 saturated heterocycles. The zero-order valence-corrected chi connectivity index (χ0v) is 33.1. The molecular weight excluding hydrogens is 720 g/mol. The standard InChI is InChI=1S/C44H56O12/c1-17(2)9-21-25-13-27(35(47)41(53)33(25)45)22(10-18(3)4)29-15-31(39(51)43(55)37(29)49)24(12-20(7)8)32-16-30(38(50)44(56)40(32)52)23(11-19(5)6)28-14-26(21)34(46)42(54)36(28)48/h13-24,45-56H,9-12H2,1-8H3. The van der Waals surface area contributed by atoms with Gasteiger partial charge in [0, 0.05) is 68.2 Å². The van der Waals surface area contributed by atoms with Gasteiger partial charge in [-0.1, -0.05) is 55.4 Å². The minimum Gasteiger partial charge on any atom is -0.504 e. The lowest BCUT2D eigenvalue weighted by Crippen LogP contribution is -2.14. The normalized spacial score (nSPS) is 18.4. The number of hydrogen-bond donors (Lipinski definition) is 12. The Labute approximate surface area is 326 Å². The first-order valence-electron chi connectivity index (χ1n) is 19.2. The Kier molecular flexibility index (Phi) is 11.6. The zero-order chi connectivity index (χ0) is 41.8. The summed E-state index contributed by atoms with van der Waals surface area (Å²) < 4.78 is 0. The van der Waals surface area contributed by atoms with Gasteiger partial charge in [0.2, 0.25) is 23.0 Å². The fourth-order valence-electron chi connectivity index (χ4n) is 8.46. The summed E-state index contributed by atoms with van der Waals surface area (Å²) in [5.41, 5.74) is 0.255. The van der Waals surface area contributed by atoms with Gasteiger partial charge in [0.25, 0.3) is 0 Å². The minimum atomic E-state index is -1.01. The van der Waals surface area contributed by atoms with Crippen molar-refractivity contribution >= 4 is 0 Å². The monoisotopic (exact) mass is 776 g/mol. The van der Waals surface area contributed by atoms with E-state index >= 15 is 0 Å². The van der Waals surface area contributed by atoms with Gasteiger partial charge in [-0.2, -0.15) is 0 Å². The van der Waals surface area contributed by atoms with Crippen LogP contribution in [0.25, 0.3) is 0 Å². The van der Waals surface area contributed by atoms with Gasteiger partial charge in [-0.3, -0.25) is 0 Å². The van der Waals surface area contributed by atoms with E-state index < -0.39 is 92.7 Å². The van der Waals surface area contributed by atoms with Crippen LogP contribution in [0.4, 0.5) is 0 Å². The molecule has 4 aromatic carbocycles. The molecular formula is C44H56O12. The first-order valence-corrected chi connectivity index (χ1v) is 19.2. The van der Waals surface area contributed by atoms with Gasteiger partial charge in [0.05, 0.1) is 0 Å². The third-order valence-corrected chi connectivity index (χ3v) is 11.1. The molecule has 5 rings (SSSR count). The highest BCUT2D eigenvalue weighted by atomic mass is 16.3. The lowest BCUT2D eigenvalue weighted by atomic mass is 9.74. The predicted octanol–water partition coefficient (Wildman–Crippen LogP) is 9.18. The van der Waals surface area contributed by atoms with Gasteiger partial charge in [-0.15, -0.1) is 0 Å². The van der Waals surface area contributed by atoms with Gasteiger partial charge in [-0.05, 0) is 73.6 Å². The van der Waals surface area contributed by atoms with Crippen LogP contribution in [0.15, 0.2) is 24.3 Å². The summed E-state index contributed by atoms with van der Waals surface area (Å²) >= 11 is 0. The van der Waals surface area contributed by atoms with E-state index in [4.69, 9.17) is 0 Å². The van der Waals surface area contributed by atoms with E-state index in [-0.39, 0.29) is 93.9 Å². The number of phenols is 12. The minimum absolute atomic E-state index is 0.0319. The van der Waals surface area contributed by atoms with Crippen LogP contribution in [0.3, 0.4) is 0 Å². The van der Waals surface area contributed by atoms with E-state index in [1.54, 1.807) is 0 Å². The lowest BCUT2D eigenvalue weighted by Gasteiger charge is -2.31. The lowest BCUT2D eigenvalue weighted by molar-refractivity contribution is 0.345. The van der Waals surface area contributed by atoms with Gasteiger partial charge >= 0.3 is 0 Å². The number of hydrogen-bond acceptors (Lipinski definition) is 12. The SMILES string of the molecule is CC(C)CC1c2cc(c(O)c(O)c2O)C(CC(C)C)c2cc(c(O)c(O)c2O)C(CC(C)C)c2cc(c(O)c(O)c2O)C(CC(C)C)c2cc1c(O)c(O)c2O. The van der Waals surface area contributed by atoms with Gasteiger partial charge in [0.15, 0.2) is 46.0 Å². The molecule has 0 amide bonds. The Morgan fingerprint density at radius 2 is 0.393 bits per heavy atom. The summed E-state index contributed by atoms with van der Waals surface area (Å²) in [4.78, 5) is 0. The van der Waals surface area contributed by atoms with Crippen molar-refractivity contribution < 1.29 is 61.3 Å². The van der Waals surface area contributed by atoms with Crippen LogP contribution in [0.2, 0.25) is 0 Å². The van der Waals surface area contributed by atoms with Crippen LogP contribution in [-0.2, 0) is 0 Å². The van der Waals surface area contributed by atoms with E-state index in [0.29, 0.717) is 0 Å². The van der Waals surface area contributed by atoms with E-state index in [9.17, 15) is 61.3 Å². The molecule has 0 heterocycles. The van der Waals surface area contributed by atoms with Crippen molar-refractivity contribution in [2.24, 2.45) is 23.7 Å². The summed E-state index contributed by atoms with van der Waals surface area (Å²) in [7, 11) is 0. The number of aromatic hydroxyl groups is 12. The highest BCUT2D eigenvalue weighted by molar-refractivity contribution is 5.70. The first kappa shape index (κ1) is 41.6. The van der Waals surface area contributed by atoms with Gasteiger partial charge in [-0.25, -0.2) is 0 Å². The molecule has 4 aromatic rings. The second-order valence-electron chi connectivity index (χ2n) is 17.1. The van der Waals surface area contributed by atoms with Crippen molar-refractivity contribution in [1.29, 1.82) is 0 Å². The summed E-state index contributed by atoms with van der Waals surface area (Å²) in [6.45, 7) is 15.0. The highest BCUT2D eigenvalue weighted by Gasteiger charge is 2.38. The van der Waals surface area contributed by atoms with Crippen LogP contribution in [-0.4, -0.2) is 61.3 Å². The molecule has 304 valence electrons. The van der Waals surface area contributed by atoms with Crippen molar-refractivity contribution in [3.8, 4) is 69.0 Å². The van der Waals surface area contributed by atoms with E-state index in [2.05, 4.69) is 0 Å². The molecule has 12 heteroatoms. The predicted molar refractivity (Wildman–Crippen MR) is 211 cm³/mol. The average Bonchev–Trinajstić information content (AvgIpc) is 3.11. The topological polar surface area (TPSA) is 243 Å². The Bertz CT molecular complexity index is 1720. The fourth-order valence-corrected chi connectivity index (χ4v) is 8.46. The third-order valence-electron chi connectivity index (χ3n) is 11.1. The average molecular weight is 777 g/mol. The van der Waals surface area contributed by atoms with Crippen molar-refractivity contribution in [2.75, 3.05) is 0 Å². The second-order valence-corrected chi connectivity index (χ2v) is 17.1. The summed E-state index contributed by atoms with van der Waals surface area (Å²) in [6, 6.07) is 5.77. The third kappa shape index (κ3) is 7.29. The molecule has 0 radical (unpaired) electrons. The quantitative estimate of drug-likeness (QED) is 0.0750. The molecule has 0 fully saturated rings. The van der Waals surface area contributed by atoms with Gasteiger partial charge < -0.3 is 61.3 Å². The van der Waals surface area contributed by atoms with Crippen LogP contribution in [0.1, 0.15) is 149 Å². The van der Waals surface area contributed by atoms with Crippen LogP contribution in [0.5, 0.6) is 69.0 Å². The molecule has 0 aromatic heterocycles. The van der Waals surface area contributed by atoms with Crippen molar-refractivity contribution in [1.82, 2.24) is 0 Å². The van der Waals surface area contributed by atoms with Crippen molar-refractivity contribution in [2.45, 2.75) is 105 Å². The molecule has 0 unspecified atom stereocenters. The fraction of sp³-hybridized carbons (Fsp3) is 0.455. The van der Waals surface area contributed by atoms with E-state index in [1.165, 1.54) is 24.3 Å². The molecule has 0 atom stereocenters. The molecule has 1 aliphatic rings. The van der Waals surface area contributed by atoms with Crippen LogP contribution in [0, 0.1) is 23.7 Å². The van der Waals surface area contributed by atoms with Crippen molar-refractivity contribution in [3.05, 3.63) is 68.8 Å². The van der Waals surface area contributed by atoms with Gasteiger partial charge in [0.1, 0.15) is 0 Å². The molecule has 12 nitrogen and oxygen atoms in total. The largest absolute Gasteiger partial charge is 0.504 e. The number of rotatable bonds is 8. The Morgan fingerprint density at radius 1 is 0.268 bits per heavy atom. The van der Waals surface area contributed by atoms with E-state index in [1.807, 2.05) is 55.4 Å². The zero-order valence-electron chi connectivity index (χ0n) is 33.1. The van der Waals surface area contributed by atoms with Crippen molar-refractivity contribution in [3.63, 3.8) is 0 Å². The molecule has 56 heavy (non-hydrogen) atoms. The molecule has 0 saturated carbocycles. The molecule has 1 aliphatic carbocycles. The maximum atomic E-state index is 11.6. The molecule has 0 aliphatic heterocycles. The summed E-state index contributed by atoms with van der Waals surface area (Å²) in [6.07, 6.45) is 0.777. The smallest absolute Gasteiger partial charge is 0.200 e. The Hall–Kier alpha value is -5.52. The first-order chi connectivity index (χ1) is 26.1. The van der Waals surface area contributed by atoms with Crippen LogP contribution >= 0.6 is 0 Å². The highest BCUT2D eigenvalue weighted by Crippen LogP contribution is 2.59. The number of benzene rings is 4. The maximum absolute atomic E-state index is 11.6. The Morgan fingerprint density at radius 3 is 0.500 bits per heavy atom. The summed E-state index contributed by atoms with van der Waals surface area (Å²) in [5.74, 6) is -13.9. The summed E-state index contributed by atoms with van der Waals surface area (Å²) in [5, 5.41) is 138. The molecule has 0 spiro atoms. The van der Waals surface area contributed by atoms with Crippen LogP contribution < -0.4 is 0 Å². The van der Waals surface area contributed by atoms with E-state index in [0.717, 1.165) is 0 Å².